The number of hydrogen-bond acceptors (Lipinski definition) is 5. The topological polar surface area (TPSA) is 82.8 Å². The monoisotopic (exact) mass is 308 g/mol. The summed E-state index contributed by atoms with van der Waals surface area (Å²) in [4.78, 5) is 11.0. The molecule has 3 rings (SSSR count). The first-order valence-electron chi connectivity index (χ1n) is 6.46. The predicted molar refractivity (Wildman–Crippen MR) is 73.1 cm³/mol. The Morgan fingerprint density at radius 3 is 2.77 bits per heavy atom. The predicted octanol–water partition coefficient (Wildman–Crippen LogP) is 1.70. The molecule has 2 aromatic rings. The number of ether oxygens (including phenoxy) is 3. The molecule has 0 unspecified atom stereocenters. The maximum Gasteiger partial charge on any atom is 0.356 e. The van der Waals surface area contributed by atoms with Gasteiger partial charge in [0.1, 0.15) is 13.2 Å². The van der Waals surface area contributed by atoms with E-state index in [0.717, 1.165) is 0 Å². The van der Waals surface area contributed by atoms with Gasteiger partial charge in [0.15, 0.2) is 17.2 Å². The minimum absolute atomic E-state index is 0.00697. The van der Waals surface area contributed by atoms with Crippen LogP contribution in [0.25, 0.3) is 11.3 Å². The van der Waals surface area contributed by atoms with Crippen molar-refractivity contribution in [1.29, 1.82) is 0 Å². The van der Waals surface area contributed by atoms with Crippen molar-refractivity contribution in [2.24, 2.45) is 7.05 Å². The maximum absolute atomic E-state index is 14.5. The Balaban J connectivity index is 2.22. The van der Waals surface area contributed by atoms with Gasteiger partial charge in [-0.25, -0.2) is 4.79 Å². The molecule has 0 saturated heterocycles. The lowest BCUT2D eigenvalue weighted by atomic mass is 10.1. The van der Waals surface area contributed by atoms with Gasteiger partial charge in [-0.05, 0) is 12.1 Å². The normalized spacial score (nSPS) is 13.0. The summed E-state index contributed by atoms with van der Waals surface area (Å²) < 4.78 is 31.6. The van der Waals surface area contributed by atoms with Gasteiger partial charge in [0.05, 0.1) is 12.8 Å². The number of methoxy groups -OCH3 is 1. The van der Waals surface area contributed by atoms with E-state index >= 15 is 0 Å². The van der Waals surface area contributed by atoms with Crippen molar-refractivity contribution in [3.8, 4) is 28.5 Å². The molecule has 1 N–H and O–H groups in total. The summed E-state index contributed by atoms with van der Waals surface area (Å²) >= 11 is 0. The summed E-state index contributed by atoms with van der Waals surface area (Å²) in [6.07, 6.45) is 0. The number of aryl methyl sites for hydroxylation is 1. The summed E-state index contributed by atoms with van der Waals surface area (Å²) in [5.74, 6) is -1.67. The van der Waals surface area contributed by atoms with Crippen LogP contribution in [-0.2, 0) is 7.05 Å². The molecular formula is C14H13FN2O5. The standard InChI is InChI=1S/C14H13FN2O5/c1-17-9(6-8(16-17)14(18)19)7-5-10-13(22-4-3-21-10)11(15)12(7)20-2/h5-6H,3-4H2,1-2H3,(H,18,19). The molecule has 2 heterocycles. The highest BCUT2D eigenvalue weighted by atomic mass is 19.1. The average molecular weight is 308 g/mol. The number of benzene rings is 1. The molecule has 22 heavy (non-hydrogen) atoms. The van der Waals surface area contributed by atoms with E-state index in [1.807, 2.05) is 0 Å². The smallest absolute Gasteiger partial charge is 0.356 e. The number of carboxylic acid groups (broad SMARTS) is 1. The maximum atomic E-state index is 14.5. The van der Waals surface area contributed by atoms with Gasteiger partial charge < -0.3 is 19.3 Å². The zero-order valence-corrected chi connectivity index (χ0v) is 11.9. The van der Waals surface area contributed by atoms with Crippen LogP contribution >= 0.6 is 0 Å². The van der Waals surface area contributed by atoms with Gasteiger partial charge >= 0.3 is 5.97 Å². The van der Waals surface area contributed by atoms with Crippen molar-refractivity contribution < 1.29 is 28.5 Å². The van der Waals surface area contributed by atoms with Crippen LogP contribution in [0.4, 0.5) is 4.39 Å². The summed E-state index contributed by atoms with van der Waals surface area (Å²) in [6, 6.07) is 2.90. The van der Waals surface area contributed by atoms with E-state index in [-0.39, 0.29) is 29.5 Å². The highest BCUT2D eigenvalue weighted by Crippen LogP contribution is 2.44. The first-order chi connectivity index (χ1) is 10.5. The van der Waals surface area contributed by atoms with Gasteiger partial charge in [-0.3, -0.25) is 4.68 Å². The first-order valence-corrected chi connectivity index (χ1v) is 6.46. The van der Waals surface area contributed by atoms with Crippen molar-refractivity contribution in [2.75, 3.05) is 20.3 Å². The van der Waals surface area contributed by atoms with Crippen LogP contribution in [0.1, 0.15) is 10.5 Å². The van der Waals surface area contributed by atoms with Crippen LogP contribution in [0, 0.1) is 5.82 Å². The lowest BCUT2D eigenvalue weighted by molar-refractivity contribution is 0.0689. The van der Waals surface area contributed by atoms with E-state index < -0.39 is 11.8 Å². The van der Waals surface area contributed by atoms with Crippen molar-refractivity contribution >= 4 is 5.97 Å². The van der Waals surface area contributed by atoms with E-state index in [1.165, 1.54) is 17.9 Å². The van der Waals surface area contributed by atoms with Crippen molar-refractivity contribution in [3.05, 3.63) is 23.6 Å². The molecule has 0 fully saturated rings. The number of hydrogen-bond donors (Lipinski definition) is 1. The lowest BCUT2D eigenvalue weighted by Gasteiger charge is -2.21. The minimum atomic E-state index is -1.17. The molecule has 1 aliphatic rings. The number of rotatable bonds is 3. The third-order valence-corrected chi connectivity index (χ3v) is 3.31. The highest BCUT2D eigenvalue weighted by molar-refractivity contribution is 5.87. The quantitative estimate of drug-likeness (QED) is 0.929. The van der Waals surface area contributed by atoms with E-state index in [1.54, 1.807) is 13.1 Å². The molecule has 0 spiro atoms. The van der Waals surface area contributed by atoms with E-state index in [2.05, 4.69) is 5.10 Å². The van der Waals surface area contributed by atoms with Crippen LogP contribution in [0.3, 0.4) is 0 Å². The van der Waals surface area contributed by atoms with Gasteiger partial charge in [-0.1, -0.05) is 0 Å². The highest BCUT2D eigenvalue weighted by Gasteiger charge is 2.26. The molecule has 7 nitrogen and oxygen atoms in total. The summed E-state index contributed by atoms with van der Waals surface area (Å²) in [5.41, 5.74) is 0.590. The summed E-state index contributed by atoms with van der Waals surface area (Å²) in [5, 5.41) is 12.9. The van der Waals surface area contributed by atoms with Crippen molar-refractivity contribution in [2.45, 2.75) is 0 Å². The van der Waals surface area contributed by atoms with E-state index in [9.17, 15) is 9.18 Å². The molecule has 0 amide bonds. The fourth-order valence-corrected chi connectivity index (χ4v) is 2.34. The van der Waals surface area contributed by atoms with E-state index in [0.29, 0.717) is 17.9 Å². The summed E-state index contributed by atoms with van der Waals surface area (Å²) in [6.45, 7) is 0.561. The fourth-order valence-electron chi connectivity index (χ4n) is 2.34. The first kappa shape index (κ1) is 14.2. The number of fused-ring (bicyclic) bond motifs is 1. The molecule has 0 radical (unpaired) electrons. The lowest BCUT2D eigenvalue weighted by Crippen LogP contribution is -2.17. The van der Waals surface area contributed by atoms with Gasteiger partial charge in [0.25, 0.3) is 0 Å². The van der Waals surface area contributed by atoms with E-state index in [4.69, 9.17) is 19.3 Å². The molecule has 1 aromatic carbocycles. The second kappa shape index (κ2) is 5.21. The molecule has 0 aliphatic carbocycles. The molecule has 0 bridgehead atoms. The zero-order chi connectivity index (χ0) is 15.9. The second-order valence-electron chi connectivity index (χ2n) is 4.64. The van der Waals surface area contributed by atoms with Crippen LogP contribution < -0.4 is 14.2 Å². The van der Waals surface area contributed by atoms with Crippen LogP contribution in [0.2, 0.25) is 0 Å². The van der Waals surface area contributed by atoms with Gasteiger partial charge in [0, 0.05) is 12.6 Å². The third kappa shape index (κ3) is 2.12. The zero-order valence-electron chi connectivity index (χ0n) is 11.9. The van der Waals surface area contributed by atoms with Gasteiger partial charge in [0.2, 0.25) is 11.6 Å². The average Bonchev–Trinajstić information content (AvgIpc) is 2.89. The largest absolute Gasteiger partial charge is 0.493 e. The molecule has 1 aromatic heterocycles. The Bertz CT molecular complexity index is 756. The number of aromatic nitrogens is 2. The Morgan fingerprint density at radius 1 is 1.41 bits per heavy atom. The van der Waals surface area contributed by atoms with Crippen LogP contribution in [0.15, 0.2) is 12.1 Å². The third-order valence-electron chi connectivity index (χ3n) is 3.31. The summed E-state index contributed by atoms with van der Waals surface area (Å²) in [7, 11) is 2.89. The molecule has 1 aliphatic heterocycles. The molecule has 0 atom stereocenters. The Labute approximate surface area is 124 Å². The number of nitrogens with zero attached hydrogens (tertiary/aromatic N) is 2. The Morgan fingerprint density at radius 2 is 2.14 bits per heavy atom. The number of carbonyl (C=O) groups is 1. The molecule has 116 valence electrons. The second-order valence-corrected chi connectivity index (χ2v) is 4.64. The number of halogens is 1. The molecule has 8 heteroatoms. The fraction of sp³-hybridized carbons (Fsp3) is 0.286. The molecule has 0 saturated carbocycles. The van der Waals surface area contributed by atoms with Gasteiger partial charge in [-0.15, -0.1) is 0 Å². The number of aromatic carboxylic acids is 1. The Hall–Kier alpha value is -2.77. The SMILES string of the molecule is COc1c(-c2cc(C(=O)O)nn2C)cc2c(c1F)OCCO2. The minimum Gasteiger partial charge on any atom is -0.493 e. The van der Waals surface area contributed by atoms with Crippen LogP contribution in [0.5, 0.6) is 17.2 Å². The Kier molecular flexibility index (Phi) is 3.36. The van der Waals surface area contributed by atoms with Crippen molar-refractivity contribution in [3.63, 3.8) is 0 Å². The van der Waals surface area contributed by atoms with Gasteiger partial charge in [-0.2, -0.15) is 9.49 Å². The number of carboxylic acids is 1. The molecular weight excluding hydrogens is 295 g/mol. The van der Waals surface area contributed by atoms with Crippen molar-refractivity contribution in [1.82, 2.24) is 9.78 Å². The van der Waals surface area contributed by atoms with Crippen LogP contribution in [-0.4, -0.2) is 41.2 Å².